The first-order chi connectivity index (χ1) is 16.9. The summed E-state index contributed by atoms with van der Waals surface area (Å²) in [7, 11) is 1.77. The van der Waals surface area contributed by atoms with E-state index in [-0.39, 0.29) is 24.0 Å². The Balaban J connectivity index is 2.06. The molecule has 1 aliphatic rings. The number of rotatable bonds is 13. The Hall–Kier alpha value is -2.22. The Morgan fingerprint density at radius 1 is 1.22 bits per heavy atom. The monoisotopic (exact) mass is 508 g/mol. The SMILES string of the molecule is Cc1cc(C(=O)N2CCC(CC(C)CN/N=C\C(C)C)(CN(C)CC(F)F)CC2)ccc1OC(C)C. The summed E-state index contributed by atoms with van der Waals surface area (Å²) in [5.41, 5.74) is 4.62. The van der Waals surface area contributed by atoms with Crippen molar-refractivity contribution in [2.45, 2.75) is 73.3 Å². The van der Waals surface area contributed by atoms with E-state index in [1.165, 1.54) is 0 Å². The normalized spacial score (nSPS) is 17.0. The Labute approximate surface area is 216 Å². The van der Waals surface area contributed by atoms with E-state index in [1.807, 2.05) is 50.1 Å². The van der Waals surface area contributed by atoms with Crippen LogP contribution < -0.4 is 10.2 Å². The van der Waals surface area contributed by atoms with Crippen LogP contribution in [0.25, 0.3) is 0 Å². The van der Waals surface area contributed by atoms with Crippen LogP contribution in [0.4, 0.5) is 8.78 Å². The summed E-state index contributed by atoms with van der Waals surface area (Å²) in [4.78, 5) is 16.9. The number of ether oxygens (including phenoxy) is 1. The van der Waals surface area contributed by atoms with Crippen molar-refractivity contribution in [2.24, 2.45) is 22.4 Å². The minimum Gasteiger partial charge on any atom is -0.491 e. The largest absolute Gasteiger partial charge is 0.491 e. The quantitative estimate of drug-likeness (QED) is 0.284. The first-order valence-electron chi connectivity index (χ1n) is 13.2. The number of piperidine rings is 1. The van der Waals surface area contributed by atoms with E-state index in [4.69, 9.17) is 4.74 Å². The molecule has 36 heavy (non-hydrogen) atoms. The smallest absolute Gasteiger partial charge is 0.253 e. The van der Waals surface area contributed by atoms with Crippen LogP contribution in [0, 0.1) is 24.2 Å². The molecule has 1 fully saturated rings. The van der Waals surface area contributed by atoms with Gasteiger partial charge in [0.15, 0.2) is 0 Å². The second-order valence-corrected chi connectivity index (χ2v) is 11.2. The van der Waals surface area contributed by atoms with Gasteiger partial charge >= 0.3 is 0 Å². The van der Waals surface area contributed by atoms with Crippen molar-refractivity contribution in [3.63, 3.8) is 0 Å². The molecule has 0 spiro atoms. The third-order valence-electron chi connectivity index (χ3n) is 6.64. The number of nitrogens with zero attached hydrogens (tertiary/aromatic N) is 3. The highest BCUT2D eigenvalue weighted by molar-refractivity contribution is 5.94. The number of nitrogens with one attached hydrogen (secondary N) is 1. The number of carbonyl (C=O) groups is 1. The number of alkyl halides is 2. The topological polar surface area (TPSA) is 57.2 Å². The molecule has 0 radical (unpaired) electrons. The highest BCUT2D eigenvalue weighted by atomic mass is 19.3. The zero-order chi connectivity index (χ0) is 26.9. The van der Waals surface area contributed by atoms with Gasteiger partial charge in [-0.3, -0.25) is 4.79 Å². The number of hydrogen-bond donors (Lipinski definition) is 1. The lowest BCUT2D eigenvalue weighted by Gasteiger charge is -2.45. The molecule has 1 atom stereocenters. The lowest BCUT2D eigenvalue weighted by Crippen LogP contribution is -2.49. The van der Waals surface area contributed by atoms with E-state index < -0.39 is 6.43 Å². The molecule has 1 heterocycles. The second-order valence-electron chi connectivity index (χ2n) is 11.2. The van der Waals surface area contributed by atoms with Crippen molar-refractivity contribution in [1.82, 2.24) is 15.2 Å². The molecule has 6 nitrogen and oxygen atoms in total. The van der Waals surface area contributed by atoms with Crippen molar-refractivity contribution >= 4 is 12.1 Å². The molecule has 1 aromatic carbocycles. The van der Waals surface area contributed by atoms with Crippen molar-refractivity contribution in [3.05, 3.63) is 29.3 Å². The molecule has 0 aliphatic carbocycles. The summed E-state index contributed by atoms with van der Waals surface area (Å²) >= 11 is 0. The first kappa shape index (κ1) is 30.0. The molecule has 1 unspecified atom stereocenters. The predicted molar refractivity (Wildman–Crippen MR) is 143 cm³/mol. The van der Waals surface area contributed by atoms with Gasteiger partial charge in [0.2, 0.25) is 0 Å². The first-order valence-corrected chi connectivity index (χ1v) is 13.2. The molecule has 1 amide bonds. The van der Waals surface area contributed by atoms with E-state index >= 15 is 0 Å². The Morgan fingerprint density at radius 2 is 1.89 bits per heavy atom. The Bertz CT molecular complexity index is 852. The van der Waals surface area contributed by atoms with Crippen LogP contribution in [0.1, 0.15) is 69.8 Å². The maximum Gasteiger partial charge on any atom is 0.253 e. The number of benzene rings is 1. The molecular formula is C28H46F2N4O2. The summed E-state index contributed by atoms with van der Waals surface area (Å²) in [5, 5.41) is 4.28. The van der Waals surface area contributed by atoms with Gasteiger partial charge in [0, 0.05) is 38.0 Å². The molecule has 204 valence electrons. The molecule has 1 saturated heterocycles. The molecule has 1 aromatic rings. The number of hydrazone groups is 1. The van der Waals surface area contributed by atoms with Gasteiger partial charge in [0.25, 0.3) is 12.3 Å². The highest BCUT2D eigenvalue weighted by Gasteiger charge is 2.38. The molecule has 0 saturated carbocycles. The van der Waals surface area contributed by atoms with Crippen LogP contribution in [-0.2, 0) is 0 Å². The van der Waals surface area contributed by atoms with Crippen LogP contribution in [0.5, 0.6) is 5.75 Å². The molecular weight excluding hydrogens is 462 g/mol. The zero-order valence-corrected chi connectivity index (χ0v) is 23.2. The molecule has 2 rings (SSSR count). The number of likely N-dealkylation sites (tertiary alicyclic amines) is 1. The van der Waals surface area contributed by atoms with Gasteiger partial charge in [-0.05, 0) is 88.1 Å². The number of carbonyl (C=O) groups excluding carboxylic acids is 1. The third kappa shape index (κ3) is 9.68. The lowest BCUT2D eigenvalue weighted by molar-refractivity contribution is 0.0256. The van der Waals surface area contributed by atoms with Gasteiger partial charge in [-0.25, -0.2) is 8.78 Å². The summed E-state index contributed by atoms with van der Waals surface area (Å²) in [6.07, 6.45) is 2.07. The van der Waals surface area contributed by atoms with Crippen LogP contribution in [0.3, 0.4) is 0 Å². The van der Waals surface area contributed by atoms with Crippen molar-refractivity contribution in [3.8, 4) is 5.75 Å². The lowest BCUT2D eigenvalue weighted by atomic mass is 9.72. The average Bonchev–Trinajstić information content (AvgIpc) is 2.77. The fraction of sp³-hybridized carbons (Fsp3) is 0.714. The molecule has 0 bridgehead atoms. The minimum absolute atomic E-state index is 0.0152. The van der Waals surface area contributed by atoms with E-state index in [1.54, 1.807) is 11.9 Å². The van der Waals surface area contributed by atoms with Gasteiger partial charge in [-0.1, -0.05) is 20.8 Å². The van der Waals surface area contributed by atoms with Gasteiger partial charge in [-0.2, -0.15) is 5.10 Å². The second kappa shape index (κ2) is 13.9. The predicted octanol–water partition coefficient (Wildman–Crippen LogP) is 5.46. The van der Waals surface area contributed by atoms with Crippen molar-refractivity contribution < 1.29 is 18.3 Å². The summed E-state index contributed by atoms with van der Waals surface area (Å²) in [6, 6.07) is 5.59. The number of halogens is 2. The summed E-state index contributed by atoms with van der Waals surface area (Å²) < 4.78 is 31.9. The Kier molecular flexibility index (Phi) is 11.6. The number of amides is 1. The zero-order valence-electron chi connectivity index (χ0n) is 23.2. The molecule has 1 aliphatic heterocycles. The highest BCUT2D eigenvalue weighted by Crippen LogP contribution is 2.39. The van der Waals surface area contributed by atoms with Crippen molar-refractivity contribution in [1.29, 1.82) is 0 Å². The maximum atomic E-state index is 13.3. The van der Waals surface area contributed by atoms with Gasteiger partial charge in [0.1, 0.15) is 5.75 Å². The molecule has 8 heteroatoms. The van der Waals surface area contributed by atoms with Crippen LogP contribution in [0.15, 0.2) is 23.3 Å². The van der Waals surface area contributed by atoms with Crippen molar-refractivity contribution in [2.75, 3.05) is 39.8 Å². The van der Waals surface area contributed by atoms with Gasteiger partial charge in [0.05, 0.1) is 12.6 Å². The van der Waals surface area contributed by atoms with E-state index in [9.17, 15) is 13.6 Å². The molecule has 0 aromatic heterocycles. The Morgan fingerprint density at radius 3 is 2.44 bits per heavy atom. The fourth-order valence-electron chi connectivity index (χ4n) is 5.06. The number of aryl methyl sites for hydroxylation is 1. The summed E-state index contributed by atoms with van der Waals surface area (Å²) in [5.74, 6) is 1.52. The molecule has 1 N–H and O–H groups in total. The van der Waals surface area contributed by atoms with Crippen LogP contribution in [0.2, 0.25) is 0 Å². The maximum absolute atomic E-state index is 13.3. The van der Waals surface area contributed by atoms with Gasteiger partial charge < -0.3 is 20.0 Å². The van der Waals surface area contributed by atoms with Gasteiger partial charge in [-0.15, -0.1) is 0 Å². The fourth-order valence-corrected chi connectivity index (χ4v) is 5.06. The summed E-state index contributed by atoms with van der Waals surface area (Å²) in [6.45, 7) is 14.6. The standard InChI is InChI=1S/C28H46F2N4O2/c1-20(2)16-31-32-17-22(5)15-28(19-33(7)18-26(29)30)10-12-34(13-11-28)27(35)24-8-9-25(23(6)14-24)36-21(3)4/h8-9,14,16,20-22,26,32H,10-13,15,17-19H2,1-7H3/b31-16-. The van der Waals surface area contributed by atoms with Crippen LogP contribution >= 0.6 is 0 Å². The van der Waals surface area contributed by atoms with Crippen LogP contribution in [-0.4, -0.2) is 74.2 Å². The average molecular weight is 509 g/mol. The van der Waals surface area contributed by atoms with E-state index in [0.29, 0.717) is 37.0 Å². The number of hydrogen-bond acceptors (Lipinski definition) is 5. The van der Waals surface area contributed by atoms with E-state index in [2.05, 4.69) is 31.3 Å². The third-order valence-corrected chi connectivity index (χ3v) is 6.64. The van der Waals surface area contributed by atoms with E-state index in [0.717, 1.165) is 37.1 Å². The minimum atomic E-state index is -2.36.